The van der Waals surface area contributed by atoms with E-state index in [9.17, 15) is 0 Å². The monoisotopic (exact) mass is 601 g/mol. The van der Waals surface area contributed by atoms with Crippen LogP contribution in [-0.2, 0) is 0 Å². The van der Waals surface area contributed by atoms with Crippen molar-refractivity contribution in [3.05, 3.63) is 164 Å². The van der Waals surface area contributed by atoms with Gasteiger partial charge in [-0.05, 0) is 69.4 Å². The molecule has 0 bridgehead atoms. The van der Waals surface area contributed by atoms with E-state index in [2.05, 4.69) is 168 Å². The smallest absolute Gasteiger partial charge is 0.0626 e. The highest BCUT2D eigenvalue weighted by molar-refractivity contribution is 7.27. The number of aromatic nitrogens is 1. The van der Waals surface area contributed by atoms with Crippen LogP contribution in [0.15, 0.2) is 164 Å². The first-order valence-electron chi connectivity index (χ1n) is 15.8. The highest BCUT2D eigenvalue weighted by atomic mass is 32.1. The van der Waals surface area contributed by atoms with Crippen molar-refractivity contribution in [1.82, 2.24) is 4.57 Å². The van der Waals surface area contributed by atoms with Crippen LogP contribution in [0.3, 0.4) is 0 Å². The molecule has 1 nitrogen and oxygen atoms in total. The van der Waals surface area contributed by atoms with Gasteiger partial charge in [-0.3, -0.25) is 0 Å². The maximum atomic E-state index is 2.50. The van der Waals surface area contributed by atoms with Crippen LogP contribution in [0.5, 0.6) is 0 Å². The summed E-state index contributed by atoms with van der Waals surface area (Å²) in [5.74, 6) is 0. The molecular formula is C44H27NS. The molecule has 0 saturated heterocycles. The van der Waals surface area contributed by atoms with Crippen LogP contribution >= 0.6 is 11.3 Å². The topological polar surface area (TPSA) is 4.93 Å². The van der Waals surface area contributed by atoms with Gasteiger partial charge in [0.1, 0.15) is 0 Å². The molecule has 2 heterocycles. The number of fused-ring (bicyclic) bond motifs is 11. The molecule has 8 aromatic carbocycles. The summed E-state index contributed by atoms with van der Waals surface area (Å²) in [6.45, 7) is 0. The zero-order chi connectivity index (χ0) is 30.2. The van der Waals surface area contributed by atoms with E-state index in [1.165, 1.54) is 91.5 Å². The molecule has 2 aromatic heterocycles. The van der Waals surface area contributed by atoms with Crippen LogP contribution in [0.2, 0.25) is 0 Å². The van der Waals surface area contributed by atoms with Crippen LogP contribution in [0.25, 0.3) is 91.5 Å². The largest absolute Gasteiger partial charge is 0.309 e. The van der Waals surface area contributed by atoms with E-state index in [1.807, 2.05) is 11.3 Å². The molecule has 0 spiro atoms. The van der Waals surface area contributed by atoms with Gasteiger partial charge in [0, 0.05) is 47.4 Å². The Morgan fingerprint density at radius 3 is 1.89 bits per heavy atom. The van der Waals surface area contributed by atoms with Crippen LogP contribution in [0, 0.1) is 0 Å². The van der Waals surface area contributed by atoms with Gasteiger partial charge in [0.05, 0.1) is 11.0 Å². The Morgan fingerprint density at radius 2 is 1.04 bits per heavy atom. The van der Waals surface area contributed by atoms with E-state index in [-0.39, 0.29) is 0 Å². The predicted molar refractivity (Wildman–Crippen MR) is 200 cm³/mol. The molecule has 214 valence electrons. The first-order chi connectivity index (χ1) is 22.8. The zero-order valence-electron chi connectivity index (χ0n) is 24.9. The van der Waals surface area contributed by atoms with Gasteiger partial charge in [-0.15, -0.1) is 11.3 Å². The van der Waals surface area contributed by atoms with Crippen molar-refractivity contribution >= 4 is 74.9 Å². The van der Waals surface area contributed by atoms with E-state index >= 15 is 0 Å². The summed E-state index contributed by atoms with van der Waals surface area (Å²) in [5, 5.41) is 10.4. The molecule has 0 saturated carbocycles. The fourth-order valence-electron chi connectivity index (χ4n) is 7.42. The number of hydrogen-bond donors (Lipinski definition) is 0. The second kappa shape index (κ2) is 9.90. The minimum atomic E-state index is 1.17. The molecule has 2 heteroatoms. The van der Waals surface area contributed by atoms with E-state index in [4.69, 9.17) is 0 Å². The Kier molecular flexibility index (Phi) is 5.51. The molecule has 10 rings (SSSR count). The van der Waals surface area contributed by atoms with Crippen LogP contribution in [-0.4, -0.2) is 4.57 Å². The predicted octanol–water partition coefficient (Wildman–Crippen LogP) is 12.8. The number of benzene rings is 8. The van der Waals surface area contributed by atoms with Crippen molar-refractivity contribution in [2.24, 2.45) is 0 Å². The molecule has 0 aliphatic rings. The van der Waals surface area contributed by atoms with Crippen molar-refractivity contribution < 1.29 is 0 Å². The van der Waals surface area contributed by atoms with E-state index < -0.39 is 0 Å². The molecule has 0 atom stereocenters. The molecule has 0 N–H and O–H groups in total. The lowest BCUT2D eigenvalue weighted by Gasteiger charge is -2.11. The van der Waals surface area contributed by atoms with Gasteiger partial charge in [0.15, 0.2) is 0 Å². The van der Waals surface area contributed by atoms with Gasteiger partial charge >= 0.3 is 0 Å². The fourth-order valence-corrected chi connectivity index (χ4v) is 8.65. The second-order valence-electron chi connectivity index (χ2n) is 12.1. The summed E-state index contributed by atoms with van der Waals surface area (Å²) in [7, 11) is 0. The number of thiophene rings is 1. The van der Waals surface area contributed by atoms with E-state index in [1.54, 1.807) is 0 Å². The Bertz CT molecular complexity index is 2790. The summed E-state index contributed by atoms with van der Waals surface area (Å²) in [6, 6.07) is 60.1. The summed E-state index contributed by atoms with van der Waals surface area (Å²) in [6.07, 6.45) is 0. The summed E-state index contributed by atoms with van der Waals surface area (Å²) in [4.78, 5) is 0. The first kappa shape index (κ1) is 25.6. The van der Waals surface area contributed by atoms with Crippen molar-refractivity contribution in [3.8, 4) is 27.9 Å². The minimum absolute atomic E-state index is 1.17. The third-order valence-corrected chi connectivity index (χ3v) is 10.7. The maximum absolute atomic E-state index is 2.50. The zero-order valence-corrected chi connectivity index (χ0v) is 25.8. The van der Waals surface area contributed by atoms with Gasteiger partial charge in [-0.2, -0.15) is 0 Å². The summed E-state index contributed by atoms with van der Waals surface area (Å²) in [5.41, 5.74) is 8.62. The molecule has 0 fully saturated rings. The Hall–Kier alpha value is -5.70. The van der Waals surface area contributed by atoms with Gasteiger partial charge in [-0.25, -0.2) is 0 Å². The molecular weight excluding hydrogens is 575 g/mol. The van der Waals surface area contributed by atoms with Crippen molar-refractivity contribution in [3.63, 3.8) is 0 Å². The lowest BCUT2D eigenvalue weighted by atomic mass is 9.96. The number of hydrogen-bond acceptors (Lipinski definition) is 1. The SMILES string of the molecule is c1ccc(-c2ccc3c4c5c6cc(-c7ccc8ccccc8c7)ccc6sc5c5ccccc5c4n(-c4ccccc4)c3c2)cc1. The van der Waals surface area contributed by atoms with Crippen LogP contribution < -0.4 is 0 Å². The fraction of sp³-hybridized carbons (Fsp3) is 0. The summed E-state index contributed by atoms with van der Waals surface area (Å²) < 4.78 is 5.17. The van der Waals surface area contributed by atoms with Gasteiger partial charge in [0.25, 0.3) is 0 Å². The van der Waals surface area contributed by atoms with Crippen molar-refractivity contribution in [2.45, 2.75) is 0 Å². The van der Waals surface area contributed by atoms with Crippen molar-refractivity contribution in [2.75, 3.05) is 0 Å². The molecule has 0 amide bonds. The average Bonchev–Trinajstić information content (AvgIpc) is 3.68. The van der Waals surface area contributed by atoms with Gasteiger partial charge < -0.3 is 4.57 Å². The van der Waals surface area contributed by atoms with Gasteiger partial charge in [-0.1, -0.05) is 127 Å². The Morgan fingerprint density at radius 1 is 0.391 bits per heavy atom. The highest BCUT2D eigenvalue weighted by Crippen LogP contribution is 2.49. The first-order valence-corrected chi connectivity index (χ1v) is 16.6. The number of para-hydroxylation sites is 1. The normalized spacial score (nSPS) is 11.9. The lowest BCUT2D eigenvalue weighted by Crippen LogP contribution is -1.94. The summed E-state index contributed by atoms with van der Waals surface area (Å²) >= 11 is 1.92. The van der Waals surface area contributed by atoms with Gasteiger partial charge in [0.2, 0.25) is 0 Å². The number of nitrogens with zero attached hydrogens (tertiary/aromatic N) is 1. The third kappa shape index (κ3) is 3.74. The number of rotatable bonds is 3. The van der Waals surface area contributed by atoms with Crippen molar-refractivity contribution in [1.29, 1.82) is 0 Å². The Labute approximate surface area is 270 Å². The van der Waals surface area contributed by atoms with E-state index in [0.29, 0.717) is 0 Å². The molecule has 0 aliphatic heterocycles. The molecule has 10 aromatic rings. The quantitative estimate of drug-likeness (QED) is 0.190. The standard InChI is InChI=1S/C44H27NS/c1-3-11-28(12-4-1)33-21-23-37-39(27-33)45(34-15-5-2-6-16-34)43-35-17-9-10-18-36(35)44-42(41(37)43)38-26-32(22-24-40(38)46-44)31-20-19-29-13-7-8-14-30(29)25-31/h1-27H. The molecule has 0 aliphatic carbocycles. The minimum Gasteiger partial charge on any atom is -0.309 e. The highest BCUT2D eigenvalue weighted by Gasteiger charge is 2.22. The molecule has 46 heavy (non-hydrogen) atoms. The van der Waals surface area contributed by atoms with Crippen LogP contribution in [0.4, 0.5) is 0 Å². The Balaban J connectivity index is 1.37. The third-order valence-electron chi connectivity index (χ3n) is 9.54. The lowest BCUT2D eigenvalue weighted by molar-refractivity contribution is 1.19. The molecule has 0 radical (unpaired) electrons. The van der Waals surface area contributed by atoms with E-state index in [0.717, 1.165) is 0 Å². The molecule has 0 unspecified atom stereocenters. The van der Waals surface area contributed by atoms with Crippen LogP contribution in [0.1, 0.15) is 0 Å². The average molecular weight is 602 g/mol. The second-order valence-corrected chi connectivity index (χ2v) is 13.2. The maximum Gasteiger partial charge on any atom is 0.0626 e.